The number of carbonyl (C=O) groups is 1. The summed E-state index contributed by atoms with van der Waals surface area (Å²) in [5.41, 5.74) is 0.721. The zero-order valence-corrected chi connectivity index (χ0v) is 23.0. The third kappa shape index (κ3) is 11.3. The highest BCUT2D eigenvalue weighted by Gasteiger charge is 2.27. The molecular formula is C29H49O6-. The van der Waals surface area contributed by atoms with Crippen molar-refractivity contribution in [3.8, 4) is 0 Å². The highest BCUT2D eigenvalue weighted by Crippen LogP contribution is 2.34. The summed E-state index contributed by atoms with van der Waals surface area (Å²) in [6.45, 7) is 11.4. The van der Waals surface area contributed by atoms with E-state index >= 15 is 0 Å². The second-order valence-corrected chi connectivity index (χ2v) is 11.3. The number of hydrogen-bond acceptors (Lipinski definition) is 6. The number of methoxy groups -OCH3 is 1. The molecule has 0 saturated heterocycles. The van der Waals surface area contributed by atoms with E-state index in [9.17, 15) is 25.2 Å². The van der Waals surface area contributed by atoms with Crippen molar-refractivity contribution < 1.29 is 30.0 Å². The van der Waals surface area contributed by atoms with E-state index in [1.165, 1.54) is 6.92 Å². The van der Waals surface area contributed by atoms with Crippen LogP contribution in [0.1, 0.15) is 106 Å². The number of aliphatic hydroxyl groups excluding tert-OH is 1. The van der Waals surface area contributed by atoms with Crippen LogP contribution in [-0.2, 0) is 9.53 Å². The van der Waals surface area contributed by atoms with Crippen LogP contribution in [0.2, 0.25) is 0 Å². The van der Waals surface area contributed by atoms with Gasteiger partial charge in [0.25, 0.3) is 0 Å². The fraction of sp³-hybridized carbons (Fsp3) is 0.759. The molecule has 0 aromatic rings. The first-order chi connectivity index (χ1) is 16.2. The SMILES string of the molecule is COC1=C(C)C(C)C(O)C=C1CCC(C)CCCC(C)(O)CCCC(C)(O)CC/C=C(\C)C(=O)[O-]. The van der Waals surface area contributed by atoms with E-state index in [0.29, 0.717) is 44.4 Å². The Hall–Kier alpha value is -1.63. The monoisotopic (exact) mass is 493 g/mol. The number of ether oxygens (including phenoxy) is 1. The minimum Gasteiger partial charge on any atom is -0.545 e. The second kappa shape index (κ2) is 14.2. The molecule has 0 aromatic carbocycles. The first kappa shape index (κ1) is 31.4. The van der Waals surface area contributed by atoms with Crippen molar-refractivity contribution in [2.24, 2.45) is 11.8 Å². The van der Waals surface area contributed by atoms with Crippen LogP contribution in [0.25, 0.3) is 0 Å². The predicted octanol–water partition coefficient (Wildman–Crippen LogP) is 4.58. The number of allylic oxidation sites excluding steroid dienone is 2. The van der Waals surface area contributed by atoms with Gasteiger partial charge >= 0.3 is 0 Å². The van der Waals surface area contributed by atoms with Crippen molar-refractivity contribution in [2.75, 3.05) is 7.11 Å². The Morgan fingerprint density at radius 1 is 1.14 bits per heavy atom. The van der Waals surface area contributed by atoms with Crippen molar-refractivity contribution in [2.45, 2.75) is 123 Å². The van der Waals surface area contributed by atoms with Gasteiger partial charge in [0.2, 0.25) is 0 Å². The average Bonchev–Trinajstić information content (AvgIpc) is 2.75. The Bertz CT molecular complexity index is 774. The molecule has 202 valence electrons. The molecule has 0 saturated carbocycles. The van der Waals surface area contributed by atoms with E-state index < -0.39 is 23.3 Å². The molecule has 0 spiro atoms. The van der Waals surface area contributed by atoms with E-state index in [2.05, 4.69) is 6.92 Å². The number of carboxylic acid groups (broad SMARTS) is 1. The first-order valence-corrected chi connectivity index (χ1v) is 13.2. The average molecular weight is 494 g/mol. The molecule has 5 unspecified atom stereocenters. The smallest absolute Gasteiger partial charge is 0.121 e. The van der Waals surface area contributed by atoms with Gasteiger partial charge < -0.3 is 30.0 Å². The summed E-state index contributed by atoms with van der Waals surface area (Å²) >= 11 is 0. The molecule has 3 N–H and O–H groups in total. The van der Waals surface area contributed by atoms with Gasteiger partial charge in [0, 0.05) is 5.92 Å². The van der Waals surface area contributed by atoms with Crippen LogP contribution in [-0.4, -0.2) is 45.7 Å². The lowest BCUT2D eigenvalue weighted by Crippen LogP contribution is -2.28. The van der Waals surface area contributed by atoms with Gasteiger partial charge in [0.15, 0.2) is 0 Å². The molecule has 5 atom stereocenters. The zero-order chi connectivity index (χ0) is 26.8. The van der Waals surface area contributed by atoms with E-state index in [1.807, 2.05) is 26.8 Å². The summed E-state index contributed by atoms with van der Waals surface area (Å²) in [5, 5.41) is 42.4. The van der Waals surface area contributed by atoms with Crippen LogP contribution < -0.4 is 5.11 Å². The van der Waals surface area contributed by atoms with Crippen LogP contribution in [0, 0.1) is 11.8 Å². The van der Waals surface area contributed by atoms with E-state index in [4.69, 9.17) is 4.74 Å². The topological polar surface area (TPSA) is 110 Å². The van der Waals surface area contributed by atoms with Crippen molar-refractivity contribution in [1.82, 2.24) is 0 Å². The van der Waals surface area contributed by atoms with Crippen molar-refractivity contribution in [3.05, 3.63) is 34.6 Å². The van der Waals surface area contributed by atoms with E-state index in [-0.39, 0.29) is 11.5 Å². The zero-order valence-electron chi connectivity index (χ0n) is 23.0. The van der Waals surface area contributed by atoms with Gasteiger partial charge in [-0.3, -0.25) is 0 Å². The Kier molecular flexibility index (Phi) is 12.7. The molecule has 0 heterocycles. The van der Waals surface area contributed by atoms with Gasteiger partial charge in [-0.25, -0.2) is 0 Å². The molecule has 0 aliphatic heterocycles. The molecule has 6 nitrogen and oxygen atoms in total. The molecule has 1 rings (SSSR count). The van der Waals surface area contributed by atoms with Crippen LogP contribution in [0.15, 0.2) is 34.6 Å². The van der Waals surface area contributed by atoms with Gasteiger partial charge in [0.05, 0.1) is 30.4 Å². The molecule has 0 bridgehead atoms. The fourth-order valence-corrected chi connectivity index (χ4v) is 4.79. The van der Waals surface area contributed by atoms with Gasteiger partial charge in [-0.1, -0.05) is 32.8 Å². The molecule has 1 aliphatic rings. The van der Waals surface area contributed by atoms with Crippen molar-refractivity contribution in [1.29, 1.82) is 0 Å². The van der Waals surface area contributed by atoms with Crippen LogP contribution in [0.3, 0.4) is 0 Å². The number of carboxylic acids is 1. The lowest BCUT2D eigenvalue weighted by molar-refractivity contribution is -0.299. The Morgan fingerprint density at radius 2 is 1.71 bits per heavy atom. The molecule has 1 aliphatic carbocycles. The highest BCUT2D eigenvalue weighted by atomic mass is 16.5. The normalized spacial score (nSPS) is 23.4. The number of hydrogen-bond donors (Lipinski definition) is 3. The summed E-state index contributed by atoms with van der Waals surface area (Å²) in [5.74, 6) is 0.312. The van der Waals surface area contributed by atoms with Crippen LogP contribution in [0.5, 0.6) is 0 Å². The largest absolute Gasteiger partial charge is 0.545 e. The molecular weight excluding hydrogens is 444 g/mol. The predicted molar refractivity (Wildman–Crippen MR) is 138 cm³/mol. The Labute approximate surface area is 212 Å². The summed E-state index contributed by atoms with van der Waals surface area (Å²) in [6.07, 6.45) is 10.5. The van der Waals surface area contributed by atoms with E-state index in [1.54, 1.807) is 20.1 Å². The number of aliphatic hydroxyl groups is 3. The molecule has 0 amide bonds. The summed E-state index contributed by atoms with van der Waals surface area (Å²) in [6, 6.07) is 0. The van der Waals surface area contributed by atoms with Crippen LogP contribution in [0.4, 0.5) is 0 Å². The lowest BCUT2D eigenvalue weighted by atomic mass is 9.84. The standard InChI is InChI=1S/C29H50O6/c1-20(13-14-24-19-25(30)22(3)23(4)26(24)35-7)11-8-15-28(5,33)17-10-18-29(6,34)16-9-12-21(2)27(31)32/h12,19-20,22,25,30,33-34H,8-11,13-18H2,1-7H3,(H,31,32)/p-1/b21-12+. The summed E-state index contributed by atoms with van der Waals surface area (Å²) < 4.78 is 5.62. The van der Waals surface area contributed by atoms with Crippen LogP contribution >= 0.6 is 0 Å². The maximum absolute atomic E-state index is 10.8. The summed E-state index contributed by atoms with van der Waals surface area (Å²) in [4.78, 5) is 10.7. The van der Waals surface area contributed by atoms with Gasteiger partial charge in [-0.2, -0.15) is 0 Å². The minimum absolute atomic E-state index is 0.0765. The van der Waals surface area contributed by atoms with Crippen molar-refractivity contribution in [3.63, 3.8) is 0 Å². The third-order valence-corrected chi connectivity index (χ3v) is 7.63. The molecule has 0 fully saturated rings. The Morgan fingerprint density at radius 3 is 2.29 bits per heavy atom. The molecule has 35 heavy (non-hydrogen) atoms. The molecule has 0 aromatic heterocycles. The third-order valence-electron chi connectivity index (χ3n) is 7.63. The molecule has 0 radical (unpaired) electrons. The lowest BCUT2D eigenvalue weighted by Gasteiger charge is -2.28. The number of aliphatic carboxylic acids is 1. The fourth-order valence-electron chi connectivity index (χ4n) is 4.79. The van der Waals surface area contributed by atoms with Crippen molar-refractivity contribution >= 4 is 5.97 Å². The van der Waals surface area contributed by atoms with E-state index in [0.717, 1.165) is 42.6 Å². The highest BCUT2D eigenvalue weighted by molar-refractivity contribution is 5.83. The maximum atomic E-state index is 10.8. The summed E-state index contributed by atoms with van der Waals surface area (Å²) in [7, 11) is 1.69. The van der Waals surface area contributed by atoms with Gasteiger partial charge in [-0.05, 0) is 108 Å². The quantitative estimate of drug-likeness (QED) is 0.272. The number of carbonyl (C=O) groups excluding carboxylic acids is 1. The first-order valence-electron chi connectivity index (χ1n) is 13.2. The number of rotatable bonds is 16. The minimum atomic E-state index is -1.18. The second-order valence-electron chi connectivity index (χ2n) is 11.3. The molecule has 6 heteroatoms. The van der Waals surface area contributed by atoms with Gasteiger partial charge in [0.1, 0.15) is 5.76 Å². The Balaban J connectivity index is 2.36. The van der Waals surface area contributed by atoms with Gasteiger partial charge in [-0.15, -0.1) is 0 Å². The maximum Gasteiger partial charge on any atom is 0.121 e.